The van der Waals surface area contributed by atoms with Gasteiger partial charge in [0.1, 0.15) is 0 Å². The number of hydrogen-bond donors (Lipinski definition) is 3. The van der Waals surface area contributed by atoms with Gasteiger partial charge in [-0.2, -0.15) is 0 Å². The Kier molecular flexibility index (Phi) is 2.76. The van der Waals surface area contributed by atoms with Gasteiger partial charge < -0.3 is 10.7 Å². The van der Waals surface area contributed by atoms with Crippen LogP contribution in [0.25, 0.3) is 0 Å². The summed E-state index contributed by atoms with van der Waals surface area (Å²) >= 11 is 0. The molecule has 0 unspecified atom stereocenters. The zero-order valence-corrected chi connectivity index (χ0v) is 11.1. The fourth-order valence-corrected chi connectivity index (χ4v) is 3.76. The van der Waals surface area contributed by atoms with E-state index in [0.29, 0.717) is 13.1 Å². The zero-order chi connectivity index (χ0) is 12.8. The molecule has 0 aromatic carbocycles. The Morgan fingerprint density at radius 1 is 1.44 bits per heavy atom. The summed E-state index contributed by atoms with van der Waals surface area (Å²) in [6, 6.07) is 1.60. The van der Waals surface area contributed by atoms with Crippen molar-refractivity contribution in [1.82, 2.24) is 9.71 Å². The lowest BCUT2D eigenvalue weighted by atomic mass is 10.0. The lowest BCUT2D eigenvalue weighted by Crippen LogP contribution is -2.31. The average Bonchev–Trinajstić information content (AvgIpc) is 3.24. The van der Waals surface area contributed by atoms with E-state index in [1.54, 1.807) is 6.07 Å². The van der Waals surface area contributed by atoms with Crippen LogP contribution in [0.4, 0.5) is 0 Å². The van der Waals surface area contributed by atoms with Crippen LogP contribution >= 0.6 is 0 Å². The van der Waals surface area contributed by atoms with Gasteiger partial charge in [0.2, 0.25) is 10.0 Å². The van der Waals surface area contributed by atoms with Gasteiger partial charge in [-0.3, -0.25) is 0 Å². The normalized spacial score (nSPS) is 22.1. The van der Waals surface area contributed by atoms with E-state index in [-0.39, 0.29) is 10.3 Å². The molecule has 2 aliphatic carbocycles. The fraction of sp³-hybridized carbons (Fsp3) is 0.667. The Labute approximate surface area is 107 Å². The Morgan fingerprint density at radius 2 is 2.17 bits per heavy atom. The standard InChI is InChI=1S/C12H19N3O2S/c13-6-10-5-11(7-14-10)18(16,17)15-8-12(3-4-12)9-1-2-9/h5,7,9,14-15H,1-4,6,8,13H2. The molecule has 6 heteroatoms. The molecule has 0 bridgehead atoms. The van der Waals surface area contributed by atoms with Crippen molar-refractivity contribution in [1.29, 1.82) is 0 Å². The molecule has 1 aromatic heterocycles. The Bertz CT molecular complexity index is 541. The molecular formula is C12H19N3O2S. The first kappa shape index (κ1) is 12.2. The number of nitrogens with two attached hydrogens (primary N) is 1. The molecule has 0 amide bonds. The maximum absolute atomic E-state index is 12.1. The molecule has 2 aliphatic rings. The number of hydrogen-bond acceptors (Lipinski definition) is 3. The van der Waals surface area contributed by atoms with Crippen molar-refractivity contribution in [2.45, 2.75) is 37.1 Å². The third kappa shape index (κ3) is 2.20. The van der Waals surface area contributed by atoms with Crippen LogP contribution in [0.2, 0.25) is 0 Å². The molecule has 5 nitrogen and oxygen atoms in total. The molecule has 3 rings (SSSR count). The molecule has 0 spiro atoms. The lowest BCUT2D eigenvalue weighted by molar-refractivity contribution is 0.432. The molecule has 0 aliphatic heterocycles. The highest BCUT2D eigenvalue weighted by molar-refractivity contribution is 7.89. The predicted octanol–water partition coefficient (Wildman–Crippen LogP) is 0.942. The van der Waals surface area contributed by atoms with Gasteiger partial charge >= 0.3 is 0 Å². The van der Waals surface area contributed by atoms with Crippen molar-refractivity contribution in [2.24, 2.45) is 17.1 Å². The minimum Gasteiger partial charge on any atom is -0.363 e. The summed E-state index contributed by atoms with van der Waals surface area (Å²) < 4.78 is 27.0. The summed E-state index contributed by atoms with van der Waals surface area (Å²) in [7, 11) is -3.39. The number of sulfonamides is 1. The number of rotatable bonds is 6. The third-order valence-electron chi connectivity index (χ3n) is 4.20. The van der Waals surface area contributed by atoms with Gasteiger partial charge in [0.25, 0.3) is 0 Å². The predicted molar refractivity (Wildman–Crippen MR) is 68.3 cm³/mol. The van der Waals surface area contributed by atoms with Crippen LogP contribution in [0.1, 0.15) is 31.4 Å². The van der Waals surface area contributed by atoms with E-state index in [9.17, 15) is 8.42 Å². The van der Waals surface area contributed by atoms with Crippen LogP contribution in [-0.2, 0) is 16.6 Å². The van der Waals surface area contributed by atoms with Gasteiger partial charge in [0, 0.05) is 25.0 Å². The highest BCUT2D eigenvalue weighted by Gasteiger charge is 2.53. The SMILES string of the molecule is NCc1cc(S(=O)(=O)NCC2(C3CC3)CC2)c[nH]1. The van der Waals surface area contributed by atoms with Gasteiger partial charge in [-0.1, -0.05) is 0 Å². The maximum Gasteiger partial charge on any atom is 0.242 e. The van der Waals surface area contributed by atoms with E-state index < -0.39 is 10.0 Å². The van der Waals surface area contributed by atoms with Gasteiger partial charge in [0.15, 0.2) is 0 Å². The van der Waals surface area contributed by atoms with Crippen molar-refractivity contribution in [2.75, 3.05) is 6.54 Å². The van der Waals surface area contributed by atoms with Crippen LogP contribution in [-0.4, -0.2) is 19.9 Å². The Morgan fingerprint density at radius 3 is 2.67 bits per heavy atom. The molecule has 0 saturated heterocycles. The molecule has 2 saturated carbocycles. The van der Waals surface area contributed by atoms with Crippen molar-refractivity contribution in [3.05, 3.63) is 18.0 Å². The van der Waals surface area contributed by atoms with Crippen LogP contribution < -0.4 is 10.5 Å². The zero-order valence-electron chi connectivity index (χ0n) is 10.3. The van der Waals surface area contributed by atoms with E-state index in [1.165, 1.54) is 31.9 Å². The highest BCUT2D eigenvalue weighted by atomic mass is 32.2. The third-order valence-corrected chi connectivity index (χ3v) is 5.58. The van der Waals surface area contributed by atoms with E-state index in [2.05, 4.69) is 9.71 Å². The van der Waals surface area contributed by atoms with Gasteiger partial charge in [0.05, 0.1) is 4.90 Å². The molecule has 4 N–H and O–H groups in total. The Balaban J connectivity index is 1.67. The quantitative estimate of drug-likeness (QED) is 0.718. The first-order chi connectivity index (χ1) is 8.56. The summed E-state index contributed by atoms with van der Waals surface area (Å²) in [5.74, 6) is 0.756. The maximum atomic E-state index is 12.1. The van der Waals surface area contributed by atoms with Crippen LogP contribution in [0.5, 0.6) is 0 Å². The second-order valence-corrected chi connectivity index (χ2v) is 7.29. The summed E-state index contributed by atoms with van der Waals surface area (Å²) in [4.78, 5) is 3.15. The molecule has 2 fully saturated rings. The number of H-pyrrole nitrogens is 1. The molecular weight excluding hydrogens is 250 g/mol. The summed E-state index contributed by atoms with van der Waals surface area (Å²) in [6.45, 7) is 0.907. The summed E-state index contributed by atoms with van der Waals surface area (Å²) in [6.07, 6.45) is 6.37. The van der Waals surface area contributed by atoms with Gasteiger partial charge in [-0.15, -0.1) is 0 Å². The van der Waals surface area contributed by atoms with Crippen LogP contribution in [0.15, 0.2) is 17.2 Å². The van der Waals surface area contributed by atoms with Crippen molar-refractivity contribution >= 4 is 10.0 Å². The molecule has 18 heavy (non-hydrogen) atoms. The molecule has 1 aromatic rings. The van der Waals surface area contributed by atoms with Crippen molar-refractivity contribution in [3.8, 4) is 0 Å². The fourth-order valence-electron chi connectivity index (χ4n) is 2.60. The second-order valence-electron chi connectivity index (χ2n) is 5.53. The summed E-state index contributed by atoms with van der Waals surface area (Å²) in [5, 5.41) is 0. The van der Waals surface area contributed by atoms with Gasteiger partial charge in [-0.25, -0.2) is 13.1 Å². The Hall–Kier alpha value is -0.850. The summed E-state index contributed by atoms with van der Waals surface area (Å²) in [5.41, 5.74) is 6.47. The molecule has 1 heterocycles. The highest BCUT2D eigenvalue weighted by Crippen LogP contribution is 2.60. The van der Waals surface area contributed by atoms with E-state index in [1.807, 2.05) is 0 Å². The average molecular weight is 269 g/mol. The number of aromatic amines is 1. The van der Waals surface area contributed by atoms with E-state index >= 15 is 0 Å². The van der Waals surface area contributed by atoms with E-state index in [4.69, 9.17) is 5.73 Å². The second kappa shape index (κ2) is 4.08. The topological polar surface area (TPSA) is 88.0 Å². The van der Waals surface area contributed by atoms with Crippen LogP contribution in [0, 0.1) is 11.3 Å². The largest absolute Gasteiger partial charge is 0.363 e. The minimum absolute atomic E-state index is 0.278. The minimum atomic E-state index is -3.39. The number of nitrogens with one attached hydrogen (secondary N) is 2. The van der Waals surface area contributed by atoms with Crippen molar-refractivity contribution < 1.29 is 8.42 Å². The smallest absolute Gasteiger partial charge is 0.242 e. The van der Waals surface area contributed by atoms with Crippen molar-refractivity contribution in [3.63, 3.8) is 0 Å². The molecule has 100 valence electrons. The first-order valence-corrected chi connectivity index (χ1v) is 7.91. The van der Waals surface area contributed by atoms with Gasteiger partial charge in [-0.05, 0) is 43.1 Å². The monoisotopic (exact) mass is 269 g/mol. The van der Waals surface area contributed by atoms with E-state index in [0.717, 1.165) is 11.6 Å². The molecule has 0 radical (unpaired) electrons. The van der Waals surface area contributed by atoms with Crippen LogP contribution in [0.3, 0.4) is 0 Å². The lowest BCUT2D eigenvalue weighted by Gasteiger charge is -2.14. The number of aromatic nitrogens is 1. The first-order valence-electron chi connectivity index (χ1n) is 6.43. The molecule has 0 atom stereocenters.